The highest BCUT2D eigenvalue weighted by Crippen LogP contribution is 2.38. The predicted octanol–water partition coefficient (Wildman–Crippen LogP) is 3.30. The van der Waals surface area contributed by atoms with E-state index >= 15 is 0 Å². The van der Waals surface area contributed by atoms with Crippen molar-refractivity contribution in [2.24, 2.45) is 5.92 Å². The van der Waals surface area contributed by atoms with Gasteiger partial charge in [0.15, 0.2) is 11.9 Å². The number of phenolic OH excluding ortho intramolecular Hbond substituents is 2. The van der Waals surface area contributed by atoms with E-state index in [0.29, 0.717) is 56.1 Å². The Labute approximate surface area is 279 Å². The third kappa shape index (κ3) is 8.48. The summed E-state index contributed by atoms with van der Waals surface area (Å²) < 4.78 is 6.50. The normalized spacial score (nSPS) is 14.8. The number of carbonyl (C=O) groups is 4. The number of ether oxygens (including phenoxy) is 1. The first kappa shape index (κ1) is 35.9. The van der Waals surface area contributed by atoms with E-state index in [-0.39, 0.29) is 47.8 Å². The maximum atomic E-state index is 13.0. The molecule has 2 atom stereocenters. The number of hydrogen-bond donors (Lipinski definition) is 4. The number of carboxylic acids is 1. The molecule has 1 aliphatic rings. The quantitative estimate of drug-likeness (QED) is 0.196. The lowest BCUT2D eigenvalue weighted by Gasteiger charge is -2.35. The molecule has 2 amide bonds. The van der Waals surface area contributed by atoms with Crippen LogP contribution in [0.1, 0.15) is 75.1 Å². The summed E-state index contributed by atoms with van der Waals surface area (Å²) in [5, 5.41) is 41.2. The number of nitrogens with one attached hydrogen (secondary N) is 1. The Morgan fingerprint density at radius 2 is 1.60 bits per heavy atom. The molecule has 2 aromatic carbocycles. The number of carbonyl (C=O) groups excluding carboxylic acids is 3. The van der Waals surface area contributed by atoms with Gasteiger partial charge in [-0.1, -0.05) is 32.9 Å². The Bertz CT molecular complexity index is 1630. The second-order valence-electron chi connectivity index (χ2n) is 12.3. The van der Waals surface area contributed by atoms with Crippen molar-refractivity contribution in [3.05, 3.63) is 53.3 Å². The number of piperazine rings is 1. The molecular weight excluding hydrogens is 620 g/mol. The van der Waals surface area contributed by atoms with Crippen LogP contribution in [0.4, 0.5) is 0 Å². The van der Waals surface area contributed by atoms with E-state index in [1.165, 1.54) is 13.0 Å². The van der Waals surface area contributed by atoms with Crippen LogP contribution in [0.2, 0.25) is 0 Å². The van der Waals surface area contributed by atoms with Gasteiger partial charge >= 0.3 is 11.9 Å². The monoisotopic (exact) mass is 664 g/mol. The van der Waals surface area contributed by atoms with Crippen molar-refractivity contribution in [2.45, 2.75) is 66.0 Å². The number of rotatable bonds is 13. The lowest BCUT2D eigenvalue weighted by Crippen LogP contribution is -2.48. The highest BCUT2D eigenvalue weighted by molar-refractivity contribution is 5.92. The van der Waals surface area contributed by atoms with E-state index in [1.807, 2.05) is 38.1 Å². The molecule has 0 aliphatic carbocycles. The molecule has 14 nitrogen and oxygen atoms in total. The van der Waals surface area contributed by atoms with E-state index in [9.17, 15) is 29.4 Å². The average molecular weight is 665 g/mol. The predicted molar refractivity (Wildman–Crippen MR) is 176 cm³/mol. The van der Waals surface area contributed by atoms with Crippen molar-refractivity contribution in [3.63, 3.8) is 0 Å². The van der Waals surface area contributed by atoms with Gasteiger partial charge in [-0.25, -0.2) is 4.79 Å². The van der Waals surface area contributed by atoms with Crippen LogP contribution >= 0.6 is 0 Å². The van der Waals surface area contributed by atoms with Crippen molar-refractivity contribution in [1.82, 2.24) is 29.9 Å². The Kier molecular flexibility index (Phi) is 11.8. The van der Waals surface area contributed by atoms with E-state index in [0.717, 1.165) is 5.56 Å². The van der Waals surface area contributed by atoms with E-state index in [2.05, 4.69) is 20.4 Å². The molecular formula is C34H44N6O8. The zero-order valence-corrected chi connectivity index (χ0v) is 28.0. The highest BCUT2D eigenvalue weighted by atomic mass is 16.6. The maximum absolute atomic E-state index is 13.0. The van der Waals surface area contributed by atoms with Crippen LogP contribution in [0, 0.1) is 5.92 Å². The fourth-order valence-electron chi connectivity index (χ4n) is 5.45. The summed E-state index contributed by atoms with van der Waals surface area (Å²) in [6, 6.07) is 10.5. The molecule has 1 aliphatic heterocycles. The van der Waals surface area contributed by atoms with Crippen LogP contribution in [0.25, 0.3) is 17.1 Å². The first-order valence-electron chi connectivity index (χ1n) is 16.1. The number of carboxylic acid groups (broad SMARTS) is 1. The van der Waals surface area contributed by atoms with E-state index in [1.54, 1.807) is 29.4 Å². The molecule has 2 heterocycles. The number of hydrogen-bond acceptors (Lipinski definition) is 10. The van der Waals surface area contributed by atoms with Gasteiger partial charge in [0.25, 0.3) is 5.91 Å². The van der Waals surface area contributed by atoms with Crippen molar-refractivity contribution < 1.29 is 39.2 Å². The fraction of sp³-hybridized carbons (Fsp3) is 0.471. The lowest BCUT2D eigenvalue weighted by molar-refractivity contribution is -0.165. The smallest absolute Gasteiger partial charge is 0.344 e. The van der Waals surface area contributed by atoms with Gasteiger partial charge in [0.1, 0.15) is 11.5 Å². The Morgan fingerprint density at radius 3 is 2.21 bits per heavy atom. The second kappa shape index (κ2) is 15.7. The van der Waals surface area contributed by atoms with Crippen LogP contribution in [0.5, 0.6) is 11.5 Å². The minimum Gasteiger partial charge on any atom is -0.508 e. The summed E-state index contributed by atoms with van der Waals surface area (Å²) in [6.45, 7) is 12.0. The molecule has 1 fully saturated rings. The van der Waals surface area contributed by atoms with Crippen LogP contribution in [0.15, 0.2) is 36.4 Å². The largest absolute Gasteiger partial charge is 0.508 e. The van der Waals surface area contributed by atoms with Gasteiger partial charge < -0.3 is 30.3 Å². The molecule has 4 rings (SSSR count). The zero-order valence-electron chi connectivity index (χ0n) is 28.0. The molecule has 14 heteroatoms. The lowest BCUT2D eigenvalue weighted by atomic mass is 9.98. The van der Waals surface area contributed by atoms with Crippen molar-refractivity contribution in [3.8, 4) is 28.6 Å². The molecule has 48 heavy (non-hydrogen) atoms. The number of aromatic nitrogens is 3. The summed E-state index contributed by atoms with van der Waals surface area (Å²) in [5.41, 5.74) is 2.59. The SMILES string of the molecule is CCNC(=O)c1nnc(-c2cc(C(C)C)c(O)cc2O)n1-c1ccc(CN2CCN(C(=O)CCC(C)C(=O)O[C@@H](C)C(=O)O)CC2)cc1. The molecule has 258 valence electrons. The molecule has 4 N–H and O–H groups in total. The standard InChI is InChI=1S/C34H44N6O8/c1-6-35-32(44)31-37-36-30(26-17-25(20(2)3)27(41)18-28(26)42)40(31)24-10-8-23(9-11-24)19-38-13-15-39(16-14-38)29(43)12-7-21(4)34(47)48-22(5)33(45)46/h8-11,17-18,20-22,41-42H,6-7,12-16,19H2,1-5H3,(H,35,44)(H,45,46)/t21?,22-/m0/s1. The summed E-state index contributed by atoms with van der Waals surface area (Å²) in [7, 11) is 0. The van der Waals surface area contributed by atoms with Crippen LogP contribution in [-0.2, 0) is 25.7 Å². The third-order valence-corrected chi connectivity index (χ3v) is 8.37. The van der Waals surface area contributed by atoms with Gasteiger partial charge in [-0.2, -0.15) is 0 Å². The molecule has 0 saturated carbocycles. The molecule has 3 aromatic rings. The maximum Gasteiger partial charge on any atom is 0.344 e. The molecule has 0 spiro atoms. The number of aromatic hydroxyl groups is 2. The number of aliphatic carboxylic acids is 1. The first-order chi connectivity index (χ1) is 22.8. The van der Waals surface area contributed by atoms with Gasteiger partial charge in [0.2, 0.25) is 11.7 Å². The van der Waals surface area contributed by atoms with Crippen LogP contribution in [0.3, 0.4) is 0 Å². The Balaban J connectivity index is 1.41. The average Bonchev–Trinajstić information content (AvgIpc) is 3.49. The molecule has 1 unspecified atom stereocenters. The molecule has 0 bridgehead atoms. The van der Waals surface area contributed by atoms with Crippen molar-refractivity contribution in [1.29, 1.82) is 0 Å². The fourth-order valence-corrected chi connectivity index (χ4v) is 5.45. The van der Waals surface area contributed by atoms with Gasteiger partial charge in [0, 0.05) is 57.4 Å². The second-order valence-corrected chi connectivity index (χ2v) is 12.3. The molecule has 1 aromatic heterocycles. The topological polar surface area (TPSA) is 187 Å². The Morgan fingerprint density at radius 1 is 0.938 bits per heavy atom. The number of phenols is 2. The van der Waals surface area contributed by atoms with Gasteiger partial charge in [0.05, 0.1) is 11.5 Å². The van der Waals surface area contributed by atoms with E-state index in [4.69, 9.17) is 9.84 Å². The zero-order chi connectivity index (χ0) is 35.1. The van der Waals surface area contributed by atoms with Gasteiger partial charge in [-0.3, -0.25) is 23.9 Å². The Hall–Kier alpha value is -4.98. The molecule has 1 saturated heterocycles. The number of esters is 1. The summed E-state index contributed by atoms with van der Waals surface area (Å²) in [4.78, 5) is 52.8. The summed E-state index contributed by atoms with van der Waals surface area (Å²) in [6.07, 6.45) is -0.788. The van der Waals surface area contributed by atoms with Crippen LogP contribution < -0.4 is 5.32 Å². The van der Waals surface area contributed by atoms with Gasteiger partial charge in [-0.05, 0) is 55.5 Å². The van der Waals surface area contributed by atoms with Gasteiger partial charge in [-0.15, -0.1) is 10.2 Å². The van der Waals surface area contributed by atoms with Crippen molar-refractivity contribution in [2.75, 3.05) is 32.7 Å². The third-order valence-electron chi connectivity index (χ3n) is 8.37. The number of amides is 2. The van der Waals surface area contributed by atoms with Crippen LogP contribution in [-0.4, -0.2) is 102 Å². The molecule has 0 radical (unpaired) electrons. The minimum absolute atomic E-state index is 0.0295. The number of nitrogens with zero attached hydrogens (tertiary/aromatic N) is 5. The summed E-state index contributed by atoms with van der Waals surface area (Å²) in [5.74, 6) is -2.86. The van der Waals surface area contributed by atoms with Crippen molar-refractivity contribution >= 4 is 23.8 Å². The first-order valence-corrected chi connectivity index (χ1v) is 16.1. The number of benzene rings is 2. The van der Waals surface area contributed by atoms with E-state index < -0.39 is 29.9 Å². The summed E-state index contributed by atoms with van der Waals surface area (Å²) >= 11 is 0. The minimum atomic E-state index is -1.23. The highest BCUT2D eigenvalue weighted by Gasteiger charge is 2.26.